The molecule has 3 aromatic rings. The molecule has 0 saturated heterocycles. The van der Waals surface area contributed by atoms with Gasteiger partial charge in [-0.1, -0.05) is 47.1 Å². The van der Waals surface area contributed by atoms with Crippen LogP contribution in [0.3, 0.4) is 0 Å². The Kier molecular flexibility index (Phi) is 4.60. The molecule has 5 nitrogen and oxygen atoms in total. The number of nitrogens with zero attached hydrogens (tertiary/aromatic N) is 2. The number of aryl methyl sites for hydroxylation is 1. The molecule has 6 heteroatoms. The normalized spacial score (nSPS) is 12.1. The Morgan fingerprint density at radius 1 is 1.22 bits per heavy atom. The molecule has 23 heavy (non-hydrogen) atoms. The van der Waals surface area contributed by atoms with Gasteiger partial charge in [-0.05, 0) is 23.8 Å². The van der Waals surface area contributed by atoms with E-state index < -0.39 is 6.10 Å². The van der Waals surface area contributed by atoms with E-state index in [0.717, 1.165) is 11.3 Å². The minimum absolute atomic E-state index is 0.396. The van der Waals surface area contributed by atoms with Gasteiger partial charge >= 0.3 is 0 Å². The Balaban J connectivity index is 1.85. The van der Waals surface area contributed by atoms with E-state index in [2.05, 4.69) is 15.5 Å². The van der Waals surface area contributed by atoms with Gasteiger partial charge in [0.2, 0.25) is 5.89 Å². The van der Waals surface area contributed by atoms with E-state index in [1.807, 2.05) is 36.4 Å². The van der Waals surface area contributed by atoms with Gasteiger partial charge in [0.1, 0.15) is 6.10 Å². The van der Waals surface area contributed by atoms with Gasteiger partial charge in [-0.15, -0.1) is 0 Å². The summed E-state index contributed by atoms with van der Waals surface area (Å²) in [5, 5.41) is 18.3. The van der Waals surface area contributed by atoms with Crippen LogP contribution in [0.15, 0.2) is 53.1 Å². The third kappa shape index (κ3) is 3.70. The summed E-state index contributed by atoms with van der Waals surface area (Å²) in [5.41, 5.74) is 2.27. The number of aromatic nitrogens is 2. The molecule has 2 aromatic carbocycles. The Morgan fingerprint density at radius 3 is 2.70 bits per heavy atom. The van der Waals surface area contributed by atoms with Crippen molar-refractivity contribution in [3.8, 4) is 0 Å². The first kappa shape index (κ1) is 15.5. The summed E-state index contributed by atoms with van der Waals surface area (Å²) < 4.78 is 4.95. The molecule has 118 valence electrons. The fourth-order valence-corrected chi connectivity index (χ4v) is 2.50. The molecule has 1 atom stereocenters. The second kappa shape index (κ2) is 6.81. The zero-order valence-corrected chi connectivity index (χ0v) is 13.3. The van der Waals surface area contributed by atoms with E-state index in [1.165, 1.54) is 0 Å². The molecule has 3 rings (SSSR count). The van der Waals surface area contributed by atoms with Crippen molar-refractivity contribution in [3.05, 3.63) is 76.4 Å². The molecule has 0 amide bonds. The third-order valence-electron chi connectivity index (χ3n) is 3.43. The minimum atomic E-state index is -0.774. The standard InChI is InChI=1S/C17H16ClN3O2/c1-11-20-16(21-23-11)10-19-15-8-7-13(18)9-14(15)17(22)12-5-3-2-4-6-12/h2-9,17,19,22H,10H2,1H3. The van der Waals surface area contributed by atoms with Gasteiger partial charge in [-0.25, -0.2) is 0 Å². The van der Waals surface area contributed by atoms with Crippen molar-refractivity contribution in [3.63, 3.8) is 0 Å². The summed E-state index contributed by atoms with van der Waals surface area (Å²) in [5.74, 6) is 1.07. The predicted octanol–water partition coefficient (Wildman–Crippen LogP) is 3.73. The van der Waals surface area contributed by atoms with Crippen molar-refractivity contribution in [2.75, 3.05) is 5.32 Å². The van der Waals surface area contributed by atoms with Crippen LogP contribution in [0.25, 0.3) is 0 Å². The lowest BCUT2D eigenvalue weighted by Crippen LogP contribution is -2.08. The lowest BCUT2D eigenvalue weighted by Gasteiger charge is -2.17. The molecule has 0 bridgehead atoms. The first-order valence-corrected chi connectivity index (χ1v) is 7.57. The number of aliphatic hydroxyl groups is 1. The number of halogens is 1. The van der Waals surface area contributed by atoms with E-state index in [1.54, 1.807) is 19.1 Å². The van der Waals surface area contributed by atoms with Crippen LogP contribution in [-0.2, 0) is 6.54 Å². The molecule has 2 N–H and O–H groups in total. The van der Waals surface area contributed by atoms with Crippen molar-refractivity contribution in [1.29, 1.82) is 0 Å². The Morgan fingerprint density at radius 2 is 2.00 bits per heavy atom. The highest BCUT2D eigenvalue weighted by molar-refractivity contribution is 6.30. The van der Waals surface area contributed by atoms with Crippen molar-refractivity contribution >= 4 is 17.3 Å². The summed E-state index contributed by atoms with van der Waals surface area (Å²) in [7, 11) is 0. The van der Waals surface area contributed by atoms with Crippen LogP contribution in [0, 0.1) is 6.92 Å². The summed E-state index contributed by atoms with van der Waals surface area (Å²) in [6.07, 6.45) is -0.774. The molecule has 0 spiro atoms. The van der Waals surface area contributed by atoms with Crippen LogP contribution in [0.5, 0.6) is 0 Å². The average molecular weight is 330 g/mol. The zero-order chi connectivity index (χ0) is 16.2. The molecule has 0 saturated carbocycles. The smallest absolute Gasteiger partial charge is 0.223 e. The first-order valence-electron chi connectivity index (χ1n) is 7.19. The van der Waals surface area contributed by atoms with Crippen molar-refractivity contribution in [2.45, 2.75) is 19.6 Å². The number of anilines is 1. The van der Waals surface area contributed by atoms with E-state index in [4.69, 9.17) is 16.1 Å². The lowest BCUT2D eigenvalue weighted by molar-refractivity contribution is 0.221. The first-order chi connectivity index (χ1) is 11.1. The summed E-state index contributed by atoms with van der Waals surface area (Å²) in [6, 6.07) is 14.8. The van der Waals surface area contributed by atoms with E-state index in [0.29, 0.717) is 28.8 Å². The van der Waals surface area contributed by atoms with Crippen molar-refractivity contribution in [1.82, 2.24) is 10.1 Å². The van der Waals surface area contributed by atoms with Gasteiger partial charge in [-0.3, -0.25) is 0 Å². The Hall–Kier alpha value is -2.37. The van der Waals surface area contributed by atoms with Crippen LogP contribution >= 0.6 is 11.6 Å². The SMILES string of the molecule is Cc1nc(CNc2ccc(Cl)cc2C(O)c2ccccc2)no1. The van der Waals surface area contributed by atoms with Gasteiger partial charge in [-0.2, -0.15) is 4.98 Å². The third-order valence-corrected chi connectivity index (χ3v) is 3.67. The van der Waals surface area contributed by atoms with Gasteiger partial charge in [0.25, 0.3) is 0 Å². The highest BCUT2D eigenvalue weighted by Crippen LogP contribution is 2.31. The second-order valence-corrected chi connectivity index (χ2v) is 5.56. The van der Waals surface area contributed by atoms with Crippen LogP contribution in [0.2, 0.25) is 5.02 Å². The molecular weight excluding hydrogens is 314 g/mol. The highest BCUT2D eigenvalue weighted by Gasteiger charge is 2.15. The average Bonchev–Trinajstić information content (AvgIpc) is 2.99. The highest BCUT2D eigenvalue weighted by atomic mass is 35.5. The van der Waals surface area contributed by atoms with Crippen LogP contribution in [-0.4, -0.2) is 15.2 Å². The maximum absolute atomic E-state index is 10.7. The van der Waals surface area contributed by atoms with Crippen molar-refractivity contribution < 1.29 is 9.63 Å². The quantitative estimate of drug-likeness (QED) is 0.746. The fourth-order valence-electron chi connectivity index (χ4n) is 2.32. The number of benzene rings is 2. The largest absolute Gasteiger partial charge is 0.384 e. The number of aliphatic hydroxyl groups excluding tert-OH is 1. The molecule has 0 radical (unpaired) electrons. The van der Waals surface area contributed by atoms with Crippen LogP contribution in [0.4, 0.5) is 5.69 Å². The topological polar surface area (TPSA) is 71.2 Å². The molecule has 1 aromatic heterocycles. The van der Waals surface area contributed by atoms with E-state index >= 15 is 0 Å². The zero-order valence-electron chi connectivity index (χ0n) is 12.5. The summed E-state index contributed by atoms with van der Waals surface area (Å²) in [4.78, 5) is 4.15. The molecule has 0 fully saturated rings. The fraction of sp³-hybridized carbons (Fsp3) is 0.176. The van der Waals surface area contributed by atoms with Gasteiger partial charge in [0, 0.05) is 23.2 Å². The number of nitrogens with one attached hydrogen (secondary N) is 1. The lowest BCUT2D eigenvalue weighted by atomic mass is 10.00. The Bertz CT molecular complexity index is 790. The molecule has 0 aliphatic carbocycles. The second-order valence-electron chi connectivity index (χ2n) is 5.13. The Labute approximate surface area is 138 Å². The number of rotatable bonds is 5. The van der Waals surface area contributed by atoms with Gasteiger partial charge in [0.15, 0.2) is 5.82 Å². The number of hydrogen-bond acceptors (Lipinski definition) is 5. The van der Waals surface area contributed by atoms with Gasteiger partial charge < -0.3 is 14.9 Å². The monoisotopic (exact) mass is 329 g/mol. The molecule has 0 aliphatic rings. The maximum atomic E-state index is 10.7. The van der Waals surface area contributed by atoms with Crippen molar-refractivity contribution in [2.24, 2.45) is 0 Å². The van der Waals surface area contributed by atoms with Crippen LogP contribution < -0.4 is 5.32 Å². The predicted molar refractivity (Wildman–Crippen MR) is 88.3 cm³/mol. The summed E-state index contributed by atoms with van der Waals surface area (Å²) in [6.45, 7) is 2.14. The summed E-state index contributed by atoms with van der Waals surface area (Å²) >= 11 is 6.09. The minimum Gasteiger partial charge on any atom is -0.384 e. The van der Waals surface area contributed by atoms with E-state index in [-0.39, 0.29) is 0 Å². The maximum Gasteiger partial charge on any atom is 0.223 e. The molecule has 1 unspecified atom stereocenters. The van der Waals surface area contributed by atoms with Crippen LogP contribution in [0.1, 0.15) is 28.9 Å². The van der Waals surface area contributed by atoms with Gasteiger partial charge in [0.05, 0.1) is 6.54 Å². The molecule has 1 heterocycles. The van der Waals surface area contributed by atoms with E-state index in [9.17, 15) is 5.11 Å². The molecule has 0 aliphatic heterocycles. The number of hydrogen-bond donors (Lipinski definition) is 2. The molecular formula is C17H16ClN3O2.